The van der Waals surface area contributed by atoms with E-state index in [2.05, 4.69) is 10.6 Å². The van der Waals surface area contributed by atoms with Crippen LogP contribution in [0.2, 0.25) is 0 Å². The number of hydrogen-bond donors (Lipinski definition) is 2. The van der Waals surface area contributed by atoms with Crippen molar-refractivity contribution in [2.24, 2.45) is 0 Å². The van der Waals surface area contributed by atoms with Crippen molar-refractivity contribution in [2.45, 2.75) is 32.8 Å². The van der Waals surface area contributed by atoms with E-state index in [9.17, 15) is 13.6 Å². The molecule has 1 amide bonds. The molecule has 0 saturated carbocycles. The number of nitriles is 1. The van der Waals surface area contributed by atoms with Crippen LogP contribution in [0.4, 0.5) is 19.3 Å². The van der Waals surface area contributed by atoms with Crippen molar-refractivity contribution >= 4 is 11.8 Å². The number of nitrogens with zero attached hydrogens (tertiary/aromatic N) is 1. The fourth-order valence-electron chi connectivity index (χ4n) is 1.61. The zero-order valence-corrected chi connectivity index (χ0v) is 12.8. The number of carbonyl (C=O) groups excluding carboxylic acids is 1. The number of carbonyl (C=O) groups is 1. The molecule has 1 aromatic rings. The van der Waals surface area contributed by atoms with Gasteiger partial charge in [-0.15, -0.1) is 0 Å². The predicted molar refractivity (Wildman–Crippen MR) is 78.4 cm³/mol. The van der Waals surface area contributed by atoms with E-state index in [0.717, 1.165) is 12.1 Å². The van der Waals surface area contributed by atoms with E-state index in [4.69, 9.17) is 10.00 Å². The maximum atomic E-state index is 13.6. The fourth-order valence-corrected chi connectivity index (χ4v) is 1.61. The standard InChI is InChI=1S/C15H19F2N3O2/c1-15(2,3)22-14(21)20-6-4-5-19-13-11(16)7-10(9-18)8-12(13)17/h7-8,19H,4-6H2,1-3H3,(H,20,21). The number of benzene rings is 1. The van der Waals surface area contributed by atoms with Gasteiger partial charge in [-0.1, -0.05) is 0 Å². The van der Waals surface area contributed by atoms with E-state index < -0.39 is 23.3 Å². The first-order valence-corrected chi connectivity index (χ1v) is 6.83. The fraction of sp³-hybridized carbons (Fsp3) is 0.467. The zero-order chi connectivity index (χ0) is 16.8. The molecule has 5 nitrogen and oxygen atoms in total. The van der Waals surface area contributed by atoms with Crippen molar-refractivity contribution in [3.05, 3.63) is 29.3 Å². The number of amides is 1. The normalized spacial score (nSPS) is 10.7. The number of halogens is 2. The molecule has 0 unspecified atom stereocenters. The number of ether oxygens (including phenoxy) is 1. The molecule has 7 heteroatoms. The molecule has 22 heavy (non-hydrogen) atoms. The van der Waals surface area contributed by atoms with E-state index in [1.165, 1.54) is 0 Å². The van der Waals surface area contributed by atoms with Crippen LogP contribution in [0, 0.1) is 23.0 Å². The summed E-state index contributed by atoms with van der Waals surface area (Å²) in [5.41, 5.74) is -0.930. The number of alkyl carbamates (subject to hydrolysis) is 1. The molecule has 120 valence electrons. The molecule has 0 bridgehead atoms. The summed E-state index contributed by atoms with van der Waals surface area (Å²) in [6.07, 6.45) is -0.0822. The molecule has 0 aromatic heterocycles. The Morgan fingerprint density at radius 3 is 2.36 bits per heavy atom. The summed E-state index contributed by atoms with van der Waals surface area (Å²) in [6.45, 7) is 5.83. The van der Waals surface area contributed by atoms with Gasteiger partial charge in [-0.05, 0) is 39.3 Å². The quantitative estimate of drug-likeness (QED) is 0.819. The average Bonchev–Trinajstić information content (AvgIpc) is 2.38. The van der Waals surface area contributed by atoms with E-state index in [1.54, 1.807) is 26.8 Å². The lowest BCUT2D eigenvalue weighted by Crippen LogP contribution is -2.33. The molecule has 1 rings (SSSR count). The molecule has 2 N–H and O–H groups in total. The predicted octanol–water partition coefficient (Wildman–Crippen LogP) is 3.16. The summed E-state index contributed by atoms with van der Waals surface area (Å²) in [4.78, 5) is 11.4. The van der Waals surface area contributed by atoms with Crippen LogP contribution in [-0.2, 0) is 4.74 Å². The lowest BCUT2D eigenvalue weighted by atomic mass is 10.2. The Bertz CT molecular complexity index is 554. The maximum Gasteiger partial charge on any atom is 0.407 e. The Kier molecular flexibility index (Phi) is 6.11. The van der Waals surface area contributed by atoms with Gasteiger partial charge in [-0.3, -0.25) is 0 Å². The molecule has 0 fully saturated rings. The van der Waals surface area contributed by atoms with E-state index >= 15 is 0 Å². The first-order chi connectivity index (χ1) is 10.2. The zero-order valence-electron chi connectivity index (χ0n) is 12.8. The highest BCUT2D eigenvalue weighted by molar-refractivity contribution is 5.67. The molecule has 0 aliphatic carbocycles. The highest BCUT2D eigenvalue weighted by atomic mass is 19.1. The van der Waals surface area contributed by atoms with Gasteiger partial charge in [0.15, 0.2) is 11.6 Å². The van der Waals surface area contributed by atoms with E-state index in [-0.39, 0.29) is 17.8 Å². The Morgan fingerprint density at radius 1 is 1.27 bits per heavy atom. The Balaban J connectivity index is 2.37. The van der Waals surface area contributed by atoms with Crippen LogP contribution in [-0.4, -0.2) is 24.8 Å². The van der Waals surface area contributed by atoms with Crippen LogP contribution < -0.4 is 10.6 Å². The van der Waals surface area contributed by atoms with Gasteiger partial charge in [-0.25, -0.2) is 13.6 Å². The number of rotatable bonds is 5. The topological polar surface area (TPSA) is 74.2 Å². The van der Waals surface area contributed by atoms with E-state index in [0.29, 0.717) is 13.0 Å². The first kappa shape index (κ1) is 17.7. The number of hydrogen-bond acceptors (Lipinski definition) is 4. The van der Waals surface area contributed by atoms with Crippen molar-refractivity contribution in [2.75, 3.05) is 18.4 Å². The Labute approximate surface area is 128 Å². The molecule has 0 aliphatic rings. The molecule has 0 atom stereocenters. The molecule has 0 heterocycles. The summed E-state index contributed by atoms with van der Waals surface area (Å²) >= 11 is 0. The van der Waals surface area contributed by atoms with Crippen molar-refractivity contribution in [3.8, 4) is 6.07 Å². The minimum Gasteiger partial charge on any atom is -0.444 e. The van der Waals surface area contributed by atoms with Crippen LogP contribution in [0.3, 0.4) is 0 Å². The molecular formula is C15H19F2N3O2. The summed E-state index contributed by atoms with van der Waals surface area (Å²) in [6, 6.07) is 3.60. The largest absolute Gasteiger partial charge is 0.444 e. The summed E-state index contributed by atoms with van der Waals surface area (Å²) in [5, 5.41) is 13.7. The van der Waals surface area contributed by atoms with E-state index in [1.807, 2.05) is 0 Å². The summed E-state index contributed by atoms with van der Waals surface area (Å²) < 4.78 is 32.2. The molecule has 0 spiro atoms. The third-order valence-corrected chi connectivity index (χ3v) is 2.49. The van der Waals surface area contributed by atoms with Crippen LogP contribution in [0.5, 0.6) is 0 Å². The average molecular weight is 311 g/mol. The van der Waals surface area contributed by atoms with Gasteiger partial charge >= 0.3 is 6.09 Å². The highest BCUT2D eigenvalue weighted by Gasteiger charge is 2.15. The molecule has 0 radical (unpaired) electrons. The smallest absolute Gasteiger partial charge is 0.407 e. The van der Waals surface area contributed by atoms with Crippen LogP contribution in [0.25, 0.3) is 0 Å². The number of anilines is 1. The second kappa shape index (κ2) is 7.59. The summed E-state index contributed by atoms with van der Waals surface area (Å²) in [5.74, 6) is -1.65. The van der Waals surface area contributed by atoms with Crippen LogP contribution in [0.1, 0.15) is 32.8 Å². The summed E-state index contributed by atoms with van der Waals surface area (Å²) in [7, 11) is 0. The molecule has 0 saturated heterocycles. The van der Waals surface area contributed by atoms with Crippen LogP contribution in [0.15, 0.2) is 12.1 Å². The second-order valence-corrected chi connectivity index (χ2v) is 5.64. The molecule has 0 aliphatic heterocycles. The van der Waals surface area contributed by atoms with Gasteiger partial charge in [0.25, 0.3) is 0 Å². The number of nitrogens with one attached hydrogen (secondary N) is 2. The third-order valence-electron chi connectivity index (χ3n) is 2.49. The Morgan fingerprint density at radius 2 is 1.86 bits per heavy atom. The van der Waals surface area contributed by atoms with Crippen molar-refractivity contribution in [1.82, 2.24) is 5.32 Å². The molecule has 1 aromatic carbocycles. The second-order valence-electron chi connectivity index (χ2n) is 5.64. The lowest BCUT2D eigenvalue weighted by molar-refractivity contribution is 0.0528. The third kappa shape index (κ3) is 5.95. The van der Waals surface area contributed by atoms with Gasteiger partial charge in [-0.2, -0.15) is 5.26 Å². The van der Waals surface area contributed by atoms with Gasteiger partial charge in [0.05, 0.1) is 11.6 Å². The van der Waals surface area contributed by atoms with Crippen LogP contribution >= 0.6 is 0 Å². The van der Waals surface area contributed by atoms with Crippen molar-refractivity contribution < 1.29 is 18.3 Å². The lowest BCUT2D eigenvalue weighted by Gasteiger charge is -2.19. The van der Waals surface area contributed by atoms with Gasteiger partial charge in [0.1, 0.15) is 11.3 Å². The van der Waals surface area contributed by atoms with Crippen molar-refractivity contribution in [1.29, 1.82) is 5.26 Å². The maximum absolute atomic E-state index is 13.6. The minimum atomic E-state index is -0.823. The minimum absolute atomic E-state index is 0.0767. The monoisotopic (exact) mass is 311 g/mol. The highest BCUT2D eigenvalue weighted by Crippen LogP contribution is 2.20. The molecular weight excluding hydrogens is 292 g/mol. The Hall–Kier alpha value is -2.36. The van der Waals surface area contributed by atoms with Gasteiger partial charge in [0, 0.05) is 13.1 Å². The van der Waals surface area contributed by atoms with Gasteiger partial charge in [0.2, 0.25) is 0 Å². The first-order valence-electron chi connectivity index (χ1n) is 6.83. The SMILES string of the molecule is CC(C)(C)OC(=O)NCCCNc1c(F)cc(C#N)cc1F. The van der Waals surface area contributed by atoms with Crippen molar-refractivity contribution in [3.63, 3.8) is 0 Å². The van der Waals surface area contributed by atoms with Gasteiger partial charge < -0.3 is 15.4 Å².